The number of carbonyl (C=O) groups is 1. The average Bonchev–Trinajstić information content (AvgIpc) is 3.20. The average molecular weight is 425 g/mol. The summed E-state index contributed by atoms with van der Waals surface area (Å²) in [6, 6.07) is 14.4. The van der Waals surface area contributed by atoms with Gasteiger partial charge in [0.05, 0.1) is 11.4 Å². The zero-order valence-corrected chi connectivity index (χ0v) is 18.7. The van der Waals surface area contributed by atoms with Crippen molar-refractivity contribution < 1.29 is 4.79 Å². The smallest absolute Gasteiger partial charge is 0.230 e. The molecule has 1 N–H and O–H groups in total. The third-order valence-corrected chi connectivity index (χ3v) is 5.95. The molecule has 0 atom stereocenters. The maximum atomic E-state index is 12.3. The van der Waals surface area contributed by atoms with Gasteiger partial charge in [0, 0.05) is 25.3 Å². The van der Waals surface area contributed by atoms with E-state index in [2.05, 4.69) is 76.8 Å². The quantitative estimate of drug-likeness (QED) is 0.531. The number of benzene rings is 2. The molecule has 0 saturated heterocycles. The number of anilines is 1. The third kappa shape index (κ3) is 5.38. The molecule has 0 aliphatic rings. The van der Waals surface area contributed by atoms with Gasteiger partial charge in [0.25, 0.3) is 0 Å². The Morgan fingerprint density at radius 2 is 1.97 bits per heavy atom. The fourth-order valence-electron chi connectivity index (χ4n) is 3.19. The van der Waals surface area contributed by atoms with E-state index in [4.69, 9.17) is 0 Å². The Hall–Kier alpha value is -2.87. The van der Waals surface area contributed by atoms with E-state index in [9.17, 15) is 4.79 Å². The number of amides is 1. The summed E-state index contributed by atoms with van der Waals surface area (Å²) in [7, 11) is 0. The minimum Gasteiger partial charge on any atom is -0.370 e. The summed E-state index contributed by atoms with van der Waals surface area (Å²) in [4.78, 5) is 14.6. The summed E-state index contributed by atoms with van der Waals surface area (Å²) in [6.45, 7) is 10.5. The number of rotatable bonds is 9. The Bertz CT molecular complexity index is 1000. The Morgan fingerprint density at radius 3 is 2.73 bits per heavy atom. The van der Waals surface area contributed by atoms with Crippen LogP contribution in [0.25, 0.3) is 5.69 Å². The van der Waals surface area contributed by atoms with Crippen LogP contribution in [-0.2, 0) is 4.79 Å². The van der Waals surface area contributed by atoms with Crippen LogP contribution in [-0.4, -0.2) is 51.5 Å². The lowest BCUT2D eigenvalue weighted by Crippen LogP contribution is -2.35. The Kier molecular flexibility index (Phi) is 7.46. The van der Waals surface area contributed by atoms with Gasteiger partial charge < -0.3 is 10.2 Å². The van der Waals surface area contributed by atoms with Crippen molar-refractivity contribution in [1.29, 1.82) is 0 Å². The minimum absolute atomic E-state index is 0.0317. The molecule has 0 aliphatic heterocycles. The largest absolute Gasteiger partial charge is 0.370 e. The summed E-state index contributed by atoms with van der Waals surface area (Å²) < 4.78 is 1.69. The van der Waals surface area contributed by atoms with Gasteiger partial charge >= 0.3 is 0 Å². The van der Waals surface area contributed by atoms with Crippen LogP contribution in [0.4, 0.5) is 5.69 Å². The number of nitrogens with one attached hydrogen (secondary N) is 1. The maximum absolute atomic E-state index is 12.3. The number of carbonyl (C=O) groups excluding carboxylic acids is 1. The molecule has 0 radical (unpaired) electrons. The summed E-state index contributed by atoms with van der Waals surface area (Å²) in [6.07, 6.45) is 0. The third-order valence-electron chi connectivity index (χ3n) is 5.03. The first-order chi connectivity index (χ1) is 14.5. The van der Waals surface area contributed by atoms with Crippen LogP contribution < -0.4 is 10.2 Å². The SMILES string of the molecule is CCN(CCNC(=O)CSc1nnnn1-c1cccc(C)c1C)c1cccc(C)c1. The lowest BCUT2D eigenvalue weighted by Gasteiger charge is -2.23. The van der Waals surface area contributed by atoms with Gasteiger partial charge in [0.15, 0.2) is 0 Å². The molecule has 1 heterocycles. The van der Waals surface area contributed by atoms with Crippen molar-refractivity contribution >= 4 is 23.4 Å². The molecule has 0 bridgehead atoms. The minimum atomic E-state index is -0.0317. The summed E-state index contributed by atoms with van der Waals surface area (Å²) in [5.41, 5.74) is 5.62. The molecule has 3 aromatic rings. The Labute approximate surface area is 181 Å². The normalized spacial score (nSPS) is 10.8. The van der Waals surface area contributed by atoms with Gasteiger partial charge in [-0.15, -0.1) is 5.10 Å². The van der Waals surface area contributed by atoms with Gasteiger partial charge in [-0.3, -0.25) is 4.79 Å². The number of tetrazole rings is 1. The Morgan fingerprint density at radius 1 is 1.17 bits per heavy atom. The molecule has 0 unspecified atom stereocenters. The fourth-order valence-corrected chi connectivity index (χ4v) is 3.90. The molecule has 0 aliphatic carbocycles. The van der Waals surface area contributed by atoms with Gasteiger partial charge in [-0.1, -0.05) is 36.0 Å². The molecular formula is C22H28N6OS. The zero-order chi connectivity index (χ0) is 21.5. The summed E-state index contributed by atoms with van der Waals surface area (Å²) >= 11 is 1.34. The molecule has 1 aromatic heterocycles. The van der Waals surface area contributed by atoms with Crippen LogP contribution in [0.2, 0.25) is 0 Å². The number of aryl methyl sites for hydroxylation is 2. The van der Waals surface area contributed by atoms with E-state index < -0.39 is 0 Å². The highest BCUT2D eigenvalue weighted by Gasteiger charge is 2.14. The number of aromatic nitrogens is 4. The van der Waals surface area contributed by atoms with Crippen molar-refractivity contribution in [1.82, 2.24) is 25.5 Å². The van der Waals surface area contributed by atoms with E-state index in [1.165, 1.54) is 28.6 Å². The maximum Gasteiger partial charge on any atom is 0.230 e. The van der Waals surface area contributed by atoms with Gasteiger partial charge in [0.2, 0.25) is 11.1 Å². The van der Waals surface area contributed by atoms with E-state index in [0.717, 1.165) is 24.3 Å². The summed E-state index contributed by atoms with van der Waals surface area (Å²) in [5, 5.41) is 15.6. The van der Waals surface area contributed by atoms with Crippen LogP contribution in [0.15, 0.2) is 47.6 Å². The van der Waals surface area contributed by atoms with Crippen molar-refractivity contribution in [2.75, 3.05) is 30.3 Å². The molecule has 7 nitrogen and oxygen atoms in total. The predicted molar refractivity (Wildman–Crippen MR) is 121 cm³/mol. The first-order valence-corrected chi connectivity index (χ1v) is 11.0. The fraction of sp³-hybridized carbons (Fsp3) is 0.364. The van der Waals surface area contributed by atoms with Gasteiger partial charge in [-0.05, 0) is 73.0 Å². The summed E-state index contributed by atoms with van der Waals surface area (Å²) in [5.74, 6) is 0.234. The van der Waals surface area contributed by atoms with Crippen LogP contribution in [0.1, 0.15) is 23.6 Å². The Balaban J connectivity index is 1.52. The van der Waals surface area contributed by atoms with E-state index in [0.29, 0.717) is 11.7 Å². The van der Waals surface area contributed by atoms with Gasteiger partial charge in [-0.25, -0.2) is 0 Å². The van der Waals surface area contributed by atoms with Crippen molar-refractivity contribution in [3.05, 3.63) is 59.2 Å². The first kappa shape index (κ1) is 21.8. The molecule has 0 spiro atoms. The molecule has 3 rings (SSSR count). The van der Waals surface area contributed by atoms with Crippen molar-refractivity contribution in [3.63, 3.8) is 0 Å². The van der Waals surface area contributed by atoms with E-state index in [1.807, 2.05) is 19.1 Å². The van der Waals surface area contributed by atoms with Crippen LogP contribution in [0.3, 0.4) is 0 Å². The number of hydrogen-bond donors (Lipinski definition) is 1. The van der Waals surface area contributed by atoms with Crippen molar-refractivity contribution in [3.8, 4) is 5.69 Å². The molecule has 2 aromatic carbocycles. The molecule has 0 fully saturated rings. The van der Waals surface area contributed by atoms with Gasteiger partial charge in [-0.2, -0.15) is 4.68 Å². The lowest BCUT2D eigenvalue weighted by atomic mass is 10.1. The van der Waals surface area contributed by atoms with Crippen LogP contribution in [0, 0.1) is 20.8 Å². The first-order valence-electron chi connectivity index (χ1n) is 10.1. The topological polar surface area (TPSA) is 75.9 Å². The molecular weight excluding hydrogens is 396 g/mol. The predicted octanol–water partition coefficient (Wildman–Crippen LogP) is 3.32. The molecule has 30 heavy (non-hydrogen) atoms. The van der Waals surface area contributed by atoms with E-state index in [1.54, 1.807) is 4.68 Å². The standard InChI is InChI=1S/C22H28N6OS/c1-5-27(19-10-6-8-16(2)14-19)13-12-23-21(29)15-30-22-24-25-26-28(22)20-11-7-9-17(3)18(20)4/h6-11,14H,5,12-13,15H2,1-4H3,(H,23,29). The molecule has 0 saturated carbocycles. The second-order valence-electron chi connectivity index (χ2n) is 7.15. The molecule has 1 amide bonds. The van der Waals surface area contributed by atoms with E-state index in [-0.39, 0.29) is 11.7 Å². The van der Waals surface area contributed by atoms with Crippen LogP contribution in [0.5, 0.6) is 0 Å². The van der Waals surface area contributed by atoms with Crippen LogP contribution >= 0.6 is 11.8 Å². The monoisotopic (exact) mass is 424 g/mol. The molecule has 8 heteroatoms. The van der Waals surface area contributed by atoms with Crippen molar-refractivity contribution in [2.24, 2.45) is 0 Å². The van der Waals surface area contributed by atoms with E-state index >= 15 is 0 Å². The highest BCUT2D eigenvalue weighted by atomic mass is 32.2. The number of likely N-dealkylation sites (N-methyl/N-ethyl adjacent to an activating group) is 1. The molecule has 158 valence electrons. The second kappa shape index (κ2) is 10.2. The number of nitrogens with zero attached hydrogens (tertiary/aromatic N) is 5. The second-order valence-corrected chi connectivity index (χ2v) is 8.09. The van der Waals surface area contributed by atoms with Crippen molar-refractivity contribution in [2.45, 2.75) is 32.9 Å². The van der Waals surface area contributed by atoms with Gasteiger partial charge in [0.1, 0.15) is 0 Å². The highest BCUT2D eigenvalue weighted by Crippen LogP contribution is 2.22. The number of thioether (sulfide) groups is 1. The highest BCUT2D eigenvalue weighted by molar-refractivity contribution is 7.99. The zero-order valence-electron chi connectivity index (χ0n) is 17.9. The lowest BCUT2D eigenvalue weighted by molar-refractivity contribution is -0.118. The number of hydrogen-bond acceptors (Lipinski definition) is 6.